The first-order valence-electron chi connectivity index (χ1n) is 9.41. The molecule has 1 fully saturated rings. The normalized spacial score (nSPS) is 19.5. The smallest absolute Gasteiger partial charge is 0.226 e. The molecule has 1 saturated heterocycles. The van der Waals surface area contributed by atoms with Crippen molar-refractivity contribution >= 4 is 17.7 Å². The number of unbranched alkanes of at least 4 members (excludes halogenated alkanes) is 1. The van der Waals surface area contributed by atoms with Crippen LogP contribution in [0.15, 0.2) is 24.3 Å². The van der Waals surface area contributed by atoms with Crippen molar-refractivity contribution < 1.29 is 4.79 Å². The van der Waals surface area contributed by atoms with E-state index in [0.29, 0.717) is 5.91 Å². The van der Waals surface area contributed by atoms with Gasteiger partial charge in [0.2, 0.25) is 5.91 Å². The minimum Gasteiger partial charge on any atom is -0.325 e. The summed E-state index contributed by atoms with van der Waals surface area (Å²) in [5.74, 6) is 1.60. The average Bonchev–Trinajstić information content (AvgIpc) is 3.04. The van der Waals surface area contributed by atoms with E-state index in [1.165, 1.54) is 11.1 Å². The van der Waals surface area contributed by atoms with Crippen LogP contribution in [0.2, 0.25) is 0 Å². The first-order chi connectivity index (χ1) is 11.4. The molecule has 1 aliphatic rings. The van der Waals surface area contributed by atoms with Crippen LogP contribution in [0, 0.1) is 5.92 Å². The van der Waals surface area contributed by atoms with Crippen LogP contribution in [-0.2, 0) is 10.2 Å². The monoisotopic (exact) mass is 347 g/mol. The van der Waals surface area contributed by atoms with Crippen LogP contribution in [0.3, 0.4) is 0 Å². The highest BCUT2D eigenvalue weighted by Gasteiger charge is 2.33. The summed E-state index contributed by atoms with van der Waals surface area (Å²) in [5, 5.41) is 0.196. The van der Waals surface area contributed by atoms with Crippen LogP contribution in [0.25, 0.3) is 0 Å². The maximum absolute atomic E-state index is 13.0. The molecular formula is C21H33NOS. The third-order valence-electron chi connectivity index (χ3n) is 4.98. The quantitative estimate of drug-likeness (QED) is 0.650. The van der Waals surface area contributed by atoms with Gasteiger partial charge in [-0.2, -0.15) is 0 Å². The fourth-order valence-electron chi connectivity index (χ4n) is 3.31. The maximum Gasteiger partial charge on any atom is 0.226 e. The largest absolute Gasteiger partial charge is 0.325 e. The molecular weight excluding hydrogens is 314 g/mol. The lowest BCUT2D eigenvalue weighted by Crippen LogP contribution is -2.35. The van der Waals surface area contributed by atoms with Crippen molar-refractivity contribution in [3.8, 4) is 0 Å². The molecule has 2 atom stereocenters. The fourth-order valence-corrected chi connectivity index (χ4v) is 4.57. The molecule has 2 rings (SSSR count). The summed E-state index contributed by atoms with van der Waals surface area (Å²) >= 11 is 1.90. The second-order valence-electron chi connectivity index (χ2n) is 7.87. The Labute approximate surface area is 152 Å². The third-order valence-corrected chi connectivity index (χ3v) is 6.24. The zero-order valence-corrected chi connectivity index (χ0v) is 16.8. The van der Waals surface area contributed by atoms with Gasteiger partial charge in [0.05, 0.1) is 0 Å². The van der Waals surface area contributed by atoms with Gasteiger partial charge in [0, 0.05) is 18.2 Å². The molecule has 24 heavy (non-hydrogen) atoms. The Morgan fingerprint density at radius 3 is 2.46 bits per heavy atom. The van der Waals surface area contributed by atoms with Gasteiger partial charge in [-0.3, -0.25) is 4.79 Å². The van der Waals surface area contributed by atoms with Crippen LogP contribution >= 0.6 is 11.8 Å². The van der Waals surface area contributed by atoms with Crippen LogP contribution in [0.1, 0.15) is 76.8 Å². The zero-order chi connectivity index (χ0) is 17.7. The molecule has 0 bridgehead atoms. The number of nitrogens with zero attached hydrogens (tertiary/aromatic N) is 1. The second-order valence-corrected chi connectivity index (χ2v) is 9.06. The van der Waals surface area contributed by atoms with Crippen LogP contribution < -0.4 is 0 Å². The molecule has 1 aromatic carbocycles. The van der Waals surface area contributed by atoms with Crippen LogP contribution in [0.5, 0.6) is 0 Å². The summed E-state index contributed by atoms with van der Waals surface area (Å²) in [5.41, 5.74) is 2.79. The highest BCUT2D eigenvalue weighted by Crippen LogP contribution is 2.40. The lowest BCUT2D eigenvalue weighted by atomic mass is 9.86. The number of hydrogen-bond donors (Lipinski definition) is 0. The van der Waals surface area contributed by atoms with Crippen LogP contribution in [0.4, 0.5) is 0 Å². The van der Waals surface area contributed by atoms with E-state index in [2.05, 4.69) is 63.8 Å². The average molecular weight is 348 g/mol. The predicted octanol–water partition coefficient (Wildman–Crippen LogP) is 5.77. The molecule has 134 valence electrons. The molecule has 0 radical (unpaired) electrons. The van der Waals surface area contributed by atoms with Gasteiger partial charge in [0.25, 0.3) is 0 Å². The van der Waals surface area contributed by atoms with E-state index >= 15 is 0 Å². The SMILES string of the molecule is CCCC[C@H](CC)C(=O)N1CCS[C@H]1c1ccc(C(C)(C)C)cc1. The number of carbonyl (C=O) groups is 1. The zero-order valence-electron chi connectivity index (χ0n) is 16.0. The van der Waals surface area contributed by atoms with Gasteiger partial charge >= 0.3 is 0 Å². The number of rotatable bonds is 6. The molecule has 0 N–H and O–H groups in total. The van der Waals surface area contributed by atoms with Crippen molar-refractivity contribution in [2.24, 2.45) is 5.92 Å². The Kier molecular flexibility index (Phi) is 6.79. The molecule has 0 unspecified atom stereocenters. The summed E-state index contributed by atoms with van der Waals surface area (Å²) in [6, 6.07) is 8.89. The standard InChI is InChI=1S/C21H33NOS/c1-6-8-9-16(7-2)19(23)22-14-15-24-20(22)17-10-12-18(13-11-17)21(3,4)5/h10-13,16,20H,6-9,14-15H2,1-5H3/t16-,20-/m0/s1. The molecule has 0 saturated carbocycles. The van der Waals surface area contributed by atoms with Crippen LogP contribution in [-0.4, -0.2) is 23.1 Å². The maximum atomic E-state index is 13.0. The van der Waals surface area contributed by atoms with Gasteiger partial charge in [0.15, 0.2) is 0 Å². The molecule has 0 aromatic heterocycles. The van der Waals surface area contributed by atoms with Gasteiger partial charge in [-0.1, -0.05) is 71.7 Å². The molecule has 1 amide bonds. The molecule has 2 nitrogen and oxygen atoms in total. The Bertz CT molecular complexity index is 532. The number of hydrogen-bond acceptors (Lipinski definition) is 2. The fraction of sp³-hybridized carbons (Fsp3) is 0.667. The van der Waals surface area contributed by atoms with E-state index in [0.717, 1.165) is 38.0 Å². The van der Waals surface area contributed by atoms with Crippen molar-refractivity contribution in [2.45, 2.75) is 71.1 Å². The second kappa shape index (κ2) is 8.42. The summed E-state index contributed by atoms with van der Waals surface area (Å²) in [4.78, 5) is 15.1. The predicted molar refractivity (Wildman–Crippen MR) is 105 cm³/mol. The Balaban J connectivity index is 2.13. The lowest BCUT2D eigenvalue weighted by Gasteiger charge is -2.28. The summed E-state index contributed by atoms with van der Waals surface area (Å²) in [6.45, 7) is 11.9. The van der Waals surface area contributed by atoms with E-state index in [-0.39, 0.29) is 16.7 Å². The number of benzene rings is 1. The van der Waals surface area contributed by atoms with Gasteiger partial charge in [-0.25, -0.2) is 0 Å². The Morgan fingerprint density at radius 1 is 1.25 bits per heavy atom. The van der Waals surface area contributed by atoms with E-state index in [9.17, 15) is 4.79 Å². The van der Waals surface area contributed by atoms with Gasteiger partial charge in [0.1, 0.15) is 5.37 Å². The molecule has 0 spiro atoms. The molecule has 1 aliphatic heterocycles. The highest BCUT2D eigenvalue weighted by atomic mass is 32.2. The van der Waals surface area contributed by atoms with Gasteiger partial charge in [-0.15, -0.1) is 11.8 Å². The van der Waals surface area contributed by atoms with Crippen molar-refractivity contribution in [3.63, 3.8) is 0 Å². The first kappa shape index (κ1) is 19.4. The number of amides is 1. The number of carbonyl (C=O) groups excluding carboxylic acids is 1. The highest BCUT2D eigenvalue weighted by molar-refractivity contribution is 7.99. The third kappa shape index (κ3) is 4.56. The Hall–Kier alpha value is -0.960. The van der Waals surface area contributed by atoms with E-state index in [1.807, 2.05) is 11.8 Å². The Morgan fingerprint density at radius 2 is 1.92 bits per heavy atom. The molecule has 3 heteroatoms. The topological polar surface area (TPSA) is 20.3 Å². The minimum absolute atomic E-state index is 0.171. The van der Waals surface area contributed by atoms with E-state index < -0.39 is 0 Å². The molecule has 0 aliphatic carbocycles. The minimum atomic E-state index is 0.171. The summed E-state index contributed by atoms with van der Waals surface area (Å²) < 4.78 is 0. The van der Waals surface area contributed by atoms with Crippen molar-refractivity contribution in [3.05, 3.63) is 35.4 Å². The van der Waals surface area contributed by atoms with Gasteiger partial charge < -0.3 is 4.90 Å². The van der Waals surface area contributed by atoms with Crippen molar-refractivity contribution in [2.75, 3.05) is 12.3 Å². The van der Waals surface area contributed by atoms with E-state index in [4.69, 9.17) is 0 Å². The first-order valence-corrected chi connectivity index (χ1v) is 10.5. The molecule has 1 aromatic rings. The summed E-state index contributed by atoms with van der Waals surface area (Å²) in [7, 11) is 0. The van der Waals surface area contributed by atoms with E-state index in [1.54, 1.807) is 0 Å². The van der Waals surface area contributed by atoms with Crippen molar-refractivity contribution in [1.82, 2.24) is 4.90 Å². The van der Waals surface area contributed by atoms with Gasteiger partial charge in [-0.05, 0) is 29.4 Å². The number of thioether (sulfide) groups is 1. The molecule has 1 heterocycles. The van der Waals surface area contributed by atoms with Crippen molar-refractivity contribution in [1.29, 1.82) is 0 Å². The summed E-state index contributed by atoms with van der Waals surface area (Å²) in [6.07, 6.45) is 4.30. The lowest BCUT2D eigenvalue weighted by molar-refractivity contribution is -0.136.